The minimum Gasteiger partial charge on any atom is -0.465 e. The van der Waals surface area contributed by atoms with Gasteiger partial charge in [-0.1, -0.05) is 6.08 Å². The van der Waals surface area contributed by atoms with Crippen LogP contribution in [0.2, 0.25) is 0 Å². The number of hydrogen-bond acceptors (Lipinski definition) is 2. The van der Waals surface area contributed by atoms with E-state index in [1.165, 1.54) is 6.07 Å². The second-order valence-electron chi connectivity index (χ2n) is 5.36. The van der Waals surface area contributed by atoms with Crippen LogP contribution in [0.25, 0.3) is 5.57 Å². The van der Waals surface area contributed by atoms with E-state index < -0.39 is 17.8 Å². The summed E-state index contributed by atoms with van der Waals surface area (Å²) in [7, 11) is 0. The normalized spacial score (nSPS) is 18.1. The van der Waals surface area contributed by atoms with E-state index >= 15 is 0 Å². The van der Waals surface area contributed by atoms with Crippen LogP contribution in [0.5, 0.6) is 0 Å². The monoisotopic (exact) mass is 313 g/mol. The maximum atomic E-state index is 13.3. The zero-order chi connectivity index (χ0) is 15.9. The van der Waals surface area contributed by atoms with Crippen LogP contribution < -0.4 is 0 Å². The molecule has 7 heteroatoms. The second kappa shape index (κ2) is 5.31. The number of amides is 1. The lowest BCUT2D eigenvalue weighted by molar-refractivity contribution is -0.137. The SMILES string of the molecule is O=C(O)N1Cc2cc(C3=CCOCC3)c(C(F)(F)F)cc2C1. The summed E-state index contributed by atoms with van der Waals surface area (Å²) in [6, 6.07) is 2.57. The highest BCUT2D eigenvalue weighted by molar-refractivity contribution is 5.72. The first-order valence-electron chi connectivity index (χ1n) is 6.84. The molecule has 2 heterocycles. The molecule has 0 spiro atoms. The molecular formula is C15H14F3NO3. The Morgan fingerprint density at radius 3 is 2.45 bits per heavy atom. The van der Waals surface area contributed by atoms with Gasteiger partial charge in [-0.3, -0.25) is 4.90 Å². The summed E-state index contributed by atoms with van der Waals surface area (Å²) >= 11 is 0. The van der Waals surface area contributed by atoms with Crippen LogP contribution in [0, 0.1) is 0 Å². The number of rotatable bonds is 1. The fourth-order valence-corrected chi connectivity index (χ4v) is 2.86. The molecule has 1 N–H and O–H groups in total. The van der Waals surface area contributed by atoms with Crippen molar-refractivity contribution in [1.29, 1.82) is 0 Å². The van der Waals surface area contributed by atoms with Gasteiger partial charge in [-0.2, -0.15) is 13.2 Å². The number of halogens is 3. The first-order chi connectivity index (χ1) is 10.4. The largest absolute Gasteiger partial charge is 0.465 e. The molecule has 2 aliphatic rings. The van der Waals surface area contributed by atoms with Gasteiger partial charge in [0, 0.05) is 13.1 Å². The van der Waals surface area contributed by atoms with Crippen LogP contribution in [0.3, 0.4) is 0 Å². The first-order valence-corrected chi connectivity index (χ1v) is 6.84. The van der Waals surface area contributed by atoms with Crippen LogP contribution in [-0.4, -0.2) is 29.3 Å². The summed E-state index contributed by atoms with van der Waals surface area (Å²) in [5, 5.41) is 9.01. The fourth-order valence-electron chi connectivity index (χ4n) is 2.86. The van der Waals surface area contributed by atoms with Crippen molar-refractivity contribution in [2.75, 3.05) is 13.2 Å². The van der Waals surface area contributed by atoms with Crippen molar-refractivity contribution in [2.45, 2.75) is 25.7 Å². The van der Waals surface area contributed by atoms with Gasteiger partial charge in [-0.25, -0.2) is 4.79 Å². The number of carboxylic acid groups (broad SMARTS) is 1. The Balaban J connectivity index is 2.08. The highest BCUT2D eigenvalue weighted by atomic mass is 19.4. The molecule has 0 aromatic heterocycles. The van der Waals surface area contributed by atoms with Crippen LogP contribution in [0.15, 0.2) is 18.2 Å². The molecule has 118 valence electrons. The molecule has 0 unspecified atom stereocenters. The van der Waals surface area contributed by atoms with E-state index in [9.17, 15) is 18.0 Å². The van der Waals surface area contributed by atoms with Crippen molar-refractivity contribution in [2.24, 2.45) is 0 Å². The van der Waals surface area contributed by atoms with E-state index in [-0.39, 0.29) is 18.7 Å². The van der Waals surface area contributed by atoms with Crippen molar-refractivity contribution in [3.8, 4) is 0 Å². The van der Waals surface area contributed by atoms with E-state index in [1.54, 1.807) is 6.08 Å². The summed E-state index contributed by atoms with van der Waals surface area (Å²) < 4.78 is 45.2. The van der Waals surface area contributed by atoms with E-state index in [0.29, 0.717) is 36.3 Å². The molecule has 0 atom stereocenters. The molecule has 1 aromatic rings. The Labute approximate surface area is 124 Å². The average Bonchev–Trinajstić information content (AvgIpc) is 2.89. The van der Waals surface area contributed by atoms with Gasteiger partial charge in [0.1, 0.15) is 0 Å². The molecular weight excluding hydrogens is 299 g/mol. The predicted octanol–water partition coefficient (Wildman–Crippen LogP) is 3.50. The number of fused-ring (bicyclic) bond motifs is 1. The fraction of sp³-hybridized carbons (Fsp3) is 0.400. The molecule has 0 bridgehead atoms. The van der Waals surface area contributed by atoms with Crippen molar-refractivity contribution in [3.05, 3.63) is 40.5 Å². The van der Waals surface area contributed by atoms with Crippen molar-refractivity contribution in [1.82, 2.24) is 4.90 Å². The zero-order valence-corrected chi connectivity index (χ0v) is 11.6. The van der Waals surface area contributed by atoms with E-state index in [1.807, 2.05) is 0 Å². The van der Waals surface area contributed by atoms with Crippen LogP contribution in [0.4, 0.5) is 18.0 Å². The van der Waals surface area contributed by atoms with E-state index in [0.717, 1.165) is 11.0 Å². The van der Waals surface area contributed by atoms with Gasteiger partial charge < -0.3 is 9.84 Å². The number of ether oxygens (including phenoxy) is 1. The zero-order valence-electron chi connectivity index (χ0n) is 11.6. The number of carbonyl (C=O) groups is 1. The third-order valence-corrected chi connectivity index (χ3v) is 3.95. The van der Waals surface area contributed by atoms with Gasteiger partial charge in [0.2, 0.25) is 0 Å². The molecule has 0 saturated heterocycles. The summed E-state index contributed by atoms with van der Waals surface area (Å²) in [6.07, 6.45) is -3.52. The van der Waals surface area contributed by atoms with Gasteiger partial charge in [-0.05, 0) is 40.8 Å². The maximum Gasteiger partial charge on any atom is 0.417 e. The molecule has 1 aromatic carbocycles. The number of benzene rings is 1. The number of hydrogen-bond donors (Lipinski definition) is 1. The molecule has 3 rings (SSSR count). The molecule has 4 nitrogen and oxygen atoms in total. The third-order valence-electron chi connectivity index (χ3n) is 3.95. The Morgan fingerprint density at radius 2 is 1.91 bits per heavy atom. The van der Waals surface area contributed by atoms with Crippen LogP contribution in [-0.2, 0) is 24.0 Å². The second-order valence-corrected chi connectivity index (χ2v) is 5.36. The van der Waals surface area contributed by atoms with Crippen LogP contribution >= 0.6 is 0 Å². The lowest BCUT2D eigenvalue weighted by Crippen LogP contribution is -2.22. The molecule has 22 heavy (non-hydrogen) atoms. The van der Waals surface area contributed by atoms with Crippen molar-refractivity contribution in [3.63, 3.8) is 0 Å². The summed E-state index contributed by atoms with van der Waals surface area (Å²) in [5.74, 6) is 0. The van der Waals surface area contributed by atoms with E-state index in [4.69, 9.17) is 9.84 Å². The highest BCUT2D eigenvalue weighted by Crippen LogP contribution is 2.40. The Hall–Kier alpha value is -2.02. The highest BCUT2D eigenvalue weighted by Gasteiger charge is 2.36. The molecule has 0 saturated carbocycles. The van der Waals surface area contributed by atoms with Crippen molar-refractivity contribution >= 4 is 11.7 Å². The molecule has 2 aliphatic heterocycles. The maximum absolute atomic E-state index is 13.3. The molecule has 0 aliphatic carbocycles. The Kier molecular flexibility index (Phi) is 3.60. The van der Waals surface area contributed by atoms with Crippen LogP contribution in [0.1, 0.15) is 28.7 Å². The summed E-state index contributed by atoms with van der Waals surface area (Å²) in [5.41, 5.74) is 1.10. The lowest BCUT2D eigenvalue weighted by Gasteiger charge is -2.19. The topological polar surface area (TPSA) is 49.8 Å². The number of alkyl halides is 3. The third kappa shape index (κ3) is 2.68. The van der Waals surface area contributed by atoms with Gasteiger partial charge in [0.15, 0.2) is 0 Å². The Morgan fingerprint density at radius 1 is 1.23 bits per heavy atom. The minimum atomic E-state index is -4.47. The summed E-state index contributed by atoms with van der Waals surface area (Å²) in [6.45, 7) is 0.808. The van der Waals surface area contributed by atoms with Gasteiger partial charge in [0.25, 0.3) is 0 Å². The average molecular weight is 313 g/mol. The molecule has 0 radical (unpaired) electrons. The number of nitrogens with zero attached hydrogens (tertiary/aromatic N) is 1. The molecule has 1 amide bonds. The van der Waals surface area contributed by atoms with Gasteiger partial charge >= 0.3 is 12.3 Å². The lowest BCUT2D eigenvalue weighted by atomic mass is 9.92. The standard InChI is InChI=1S/C15H14F3NO3/c16-15(17,18)13-6-11-8-19(14(20)21)7-10(11)5-12(13)9-1-3-22-4-2-9/h1,5-6H,2-4,7-8H2,(H,20,21). The predicted molar refractivity (Wildman–Crippen MR) is 72.1 cm³/mol. The van der Waals surface area contributed by atoms with Crippen molar-refractivity contribution < 1.29 is 27.8 Å². The van der Waals surface area contributed by atoms with Gasteiger partial charge in [0.05, 0.1) is 18.8 Å². The van der Waals surface area contributed by atoms with Gasteiger partial charge in [-0.15, -0.1) is 0 Å². The quantitative estimate of drug-likeness (QED) is 0.863. The first kappa shape index (κ1) is 14.9. The minimum absolute atomic E-state index is 0.00378. The Bertz CT molecular complexity index is 652. The molecule has 0 fully saturated rings. The smallest absolute Gasteiger partial charge is 0.417 e. The summed E-state index contributed by atoms with van der Waals surface area (Å²) in [4.78, 5) is 12.1. The van der Waals surface area contributed by atoms with E-state index in [2.05, 4.69) is 0 Å².